The first-order chi connectivity index (χ1) is 8.71. The van der Waals surface area contributed by atoms with Crippen molar-refractivity contribution < 1.29 is 9.18 Å². The van der Waals surface area contributed by atoms with Crippen molar-refractivity contribution in [2.75, 3.05) is 13.1 Å². The van der Waals surface area contributed by atoms with Crippen LogP contribution in [0.2, 0.25) is 0 Å². The third-order valence-corrected chi connectivity index (χ3v) is 3.93. The average molecular weight is 248 g/mol. The van der Waals surface area contributed by atoms with Gasteiger partial charge in [-0.3, -0.25) is 4.79 Å². The Balaban J connectivity index is 1.75. The van der Waals surface area contributed by atoms with E-state index in [9.17, 15) is 9.18 Å². The number of carbonyl (C=O) groups is 1. The van der Waals surface area contributed by atoms with Crippen LogP contribution in [0.5, 0.6) is 0 Å². The molecule has 1 aliphatic heterocycles. The molecule has 1 saturated carbocycles. The second-order valence-electron chi connectivity index (χ2n) is 5.24. The van der Waals surface area contributed by atoms with E-state index < -0.39 is 5.54 Å². The maximum absolute atomic E-state index is 13.8. The summed E-state index contributed by atoms with van der Waals surface area (Å²) in [6, 6.07) is 6.73. The van der Waals surface area contributed by atoms with Gasteiger partial charge in [0, 0.05) is 12.1 Å². The second-order valence-corrected chi connectivity index (χ2v) is 5.24. The van der Waals surface area contributed by atoms with Crippen LogP contribution in [0.15, 0.2) is 24.3 Å². The highest BCUT2D eigenvalue weighted by atomic mass is 19.1. The number of carbonyl (C=O) groups excluding carboxylic acids is 1. The van der Waals surface area contributed by atoms with Crippen LogP contribution in [0.3, 0.4) is 0 Å². The van der Waals surface area contributed by atoms with E-state index in [1.165, 1.54) is 6.07 Å². The number of amides is 1. The summed E-state index contributed by atoms with van der Waals surface area (Å²) >= 11 is 0. The van der Waals surface area contributed by atoms with Crippen LogP contribution in [-0.2, 0) is 10.3 Å². The number of nitrogens with one attached hydrogen (secondary N) is 2. The molecule has 1 heterocycles. The van der Waals surface area contributed by atoms with Gasteiger partial charge in [0.2, 0.25) is 5.91 Å². The largest absolute Gasteiger partial charge is 0.346 e. The molecule has 2 fully saturated rings. The van der Waals surface area contributed by atoms with Crippen LogP contribution in [0.25, 0.3) is 0 Å². The molecule has 0 radical (unpaired) electrons. The summed E-state index contributed by atoms with van der Waals surface area (Å²) in [5.41, 5.74) is 0.190. The van der Waals surface area contributed by atoms with Crippen LogP contribution in [0.4, 0.5) is 4.39 Å². The normalized spacial score (nSPS) is 24.8. The van der Waals surface area contributed by atoms with E-state index in [4.69, 9.17) is 0 Å². The molecule has 0 bridgehead atoms. The van der Waals surface area contributed by atoms with E-state index in [1.807, 2.05) is 6.07 Å². The van der Waals surface area contributed by atoms with Crippen LogP contribution in [-0.4, -0.2) is 19.0 Å². The summed E-state index contributed by atoms with van der Waals surface area (Å²) in [6.45, 7) is 1.63. The third kappa shape index (κ3) is 2.01. The van der Waals surface area contributed by atoms with Crippen LogP contribution in [0.1, 0.15) is 24.8 Å². The lowest BCUT2D eigenvalue weighted by Crippen LogP contribution is -2.40. The van der Waals surface area contributed by atoms with Gasteiger partial charge >= 0.3 is 0 Å². The fourth-order valence-electron chi connectivity index (χ4n) is 2.65. The van der Waals surface area contributed by atoms with Gasteiger partial charge in [-0.05, 0) is 31.9 Å². The van der Waals surface area contributed by atoms with E-state index in [2.05, 4.69) is 10.6 Å². The van der Waals surface area contributed by atoms with E-state index in [1.54, 1.807) is 12.1 Å². The van der Waals surface area contributed by atoms with Crippen LogP contribution in [0, 0.1) is 11.7 Å². The fraction of sp³-hybridized carbons (Fsp3) is 0.500. The van der Waals surface area contributed by atoms with E-state index in [0.29, 0.717) is 5.56 Å². The molecule has 3 rings (SSSR count). The predicted molar refractivity (Wildman–Crippen MR) is 66.4 cm³/mol. The van der Waals surface area contributed by atoms with E-state index >= 15 is 0 Å². The molecule has 96 valence electrons. The Labute approximate surface area is 106 Å². The lowest BCUT2D eigenvalue weighted by molar-refractivity contribution is -0.125. The molecular weight excluding hydrogens is 231 g/mol. The summed E-state index contributed by atoms with van der Waals surface area (Å²) in [4.78, 5) is 12.1. The molecule has 1 aromatic rings. The van der Waals surface area contributed by atoms with Gasteiger partial charge in [0.1, 0.15) is 5.82 Å². The lowest BCUT2D eigenvalue weighted by Gasteiger charge is -2.20. The van der Waals surface area contributed by atoms with Gasteiger partial charge in [0.25, 0.3) is 0 Å². The van der Waals surface area contributed by atoms with Crippen LogP contribution < -0.4 is 10.6 Å². The zero-order valence-electron chi connectivity index (χ0n) is 10.2. The summed E-state index contributed by atoms with van der Waals surface area (Å²) in [5.74, 6) is -0.130. The van der Waals surface area contributed by atoms with E-state index in [0.717, 1.165) is 32.4 Å². The Bertz CT molecular complexity index is 465. The summed E-state index contributed by atoms with van der Waals surface area (Å²) < 4.78 is 13.8. The molecular formula is C14H17FN2O. The number of halogens is 1. The highest BCUT2D eigenvalue weighted by molar-refractivity contribution is 5.80. The monoisotopic (exact) mass is 248 g/mol. The summed E-state index contributed by atoms with van der Waals surface area (Å²) in [7, 11) is 0. The first-order valence-electron chi connectivity index (χ1n) is 6.49. The quantitative estimate of drug-likeness (QED) is 0.852. The van der Waals surface area contributed by atoms with Crippen molar-refractivity contribution in [1.29, 1.82) is 0 Å². The molecule has 1 saturated heterocycles. The van der Waals surface area contributed by atoms with Gasteiger partial charge < -0.3 is 10.6 Å². The van der Waals surface area contributed by atoms with Crippen molar-refractivity contribution >= 4 is 5.91 Å². The maximum Gasteiger partial charge on any atom is 0.225 e. The van der Waals surface area contributed by atoms with Crippen molar-refractivity contribution in [1.82, 2.24) is 10.6 Å². The van der Waals surface area contributed by atoms with Gasteiger partial charge in [-0.15, -0.1) is 0 Å². The van der Waals surface area contributed by atoms with E-state index in [-0.39, 0.29) is 17.6 Å². The Hall–Kier alpha value is -1.42. The van der Waals surface area contributed by atoms with Gasteiger partial charge in [0.05, 0.1) is 11.5 Å². The molecule has 0 aromatic heterocycles. The molecule has 3 nitrogen and oxygen atoms in total. The van der Waals surface area contributed by atoms with Crippen molar-refractivity contribution in [3.8, 4) is 0 Å². The first kappa shape index (κ1) is 11.7. The van der Waals surface area contributed by atoms with Crippen molar-refractivity contribution in [2.24, 2.45) is 5.92 Å². The molecule has 2 N–H and O–H groups in total. The Kier molecular flexibility index (Phi) is 2.82. The minimum absolute atomic E-state index is 0.0363. The minimum Gasteiger partial charge on any atom is -0.346 e. The lowest BCUT2D eigenvalue weighted by atomic mass is 10.0. The molecule has 1 aromatic carbocycles. The molecule has 0 spiro atoms. The minimum atomic E-state index is -0.439. The van der Waals surface area contributed by atoms with Gasteiger partial charge in [-0.25, -0.2) is 4.39 Å². The Morgan fingerprint density at radius 1 is 1.39 bits per heavy atom. The number of rotatable bonds is 3. The van der Waals surface area contributed by atoms with Gasteiger partial charge in [-0.1, -0.05) is 18.2 Å². The first-order valence-corrected chi connectivity index (χ1v) is 6.49. The second kappa shape index (κ2) is 4.35. The molecule has 1 unspecified atom stereocenters. The highest BCUT2D eigenvalue weighted by Crippen LogP contribution is 2.46. The highest BCUT2D eigenvalue weighted by Gasteiger charge is 2.48. The smallest absolute Gasteiger partial charge is 0.225 e. The molecule has 4 heteroatoms. The topological polar surface area (TPSA) is 41.1 Å². The van der Waals surface area contributed by atoms with Gasteiger partial charge in [-0.2, -0.15) is 0 Å². The average Bonchev–Trinajstić information content (AvgIpc) is 2.94. The molecule has 1 atom stereocenters. The molecule has 1 aliphatic carbocycles. The molecule has 2 aliphatic rings. The Morgan fingerprint density at radius 2 is 2.17 bits per heavy atom. The number of hydrogen-bond donors (Lipinski definition) is 2. The van der Waals surface area contributed by atoms with Crippen LogP contribution >= 0.6 is 0 Å². The van der Waals surface area contributed by atoms with Crippen molar-refractivity contribution in [2.45, 2.75) is 24.8 Å². The van der Waals surface area contributed by atoms with Crippen molar-refractivity contribution in [3.05, 3.63) is 35.6 Å². The zero-order chi connectivity index (χ0) is 12.6. The zero-order valence-corrected chi connectivity index (χ0v) is 10.2. The predicted octanol–water partition coefficient (Wildman–Crippen LogP) is 1.54. The Morgan fingerprint density at radius 3 is 2.78 bits per heavy atom. The van der Waals surface area contributed by atoms with Crippen molar-refractivity contribution in [3.63, 3.8) is 0 Å². The SMILES string of the molecule is O=C(NC1(c2ccccc2F)CC1)C1CCNC1. The fourth-order valence-corrected chi connectivity index (χ4v) is 2.65. The maximum atomic E-state index is 13.8. The van der Waals surface area contributed by atoms with Gasteiger partial charge in [0.15, 0.2) is 0 Å². The summed E-state index contributed by atoms with van der Waals surface area (Å²) in [6.07, 6.45) is 2.54. The third-order valence-electron chi connectivity index (χ3n) is 3.93. The summed E-state index contributed by atoms with van der Waals surface area (Å²) in [5, 5.41) is 6.22. The number of benzene rings is 1. The number of hydrogen-bond acceptors (Lipinski definition) is 2. The standard InChI is InChI=1S/C14H17FN2O/c15-12-4-2-1-3-11(12)14(6-7-14)17-13(18)10-5-8-16-9-10/h1-4,10,16H,5-9H2,(H,17,18). The molecule has 1 amide bonds. The molecule has 18 heavy (non-hydrogen) atoms.